The predicted octanol–water partition coefficient (Wildman–Crippen LogP) is -2.30. The third-order valence-corrected chi connectivity index (χ3v) is 2.71. The minimum absolute atomic E-state index is 0. The first-order valence-corrected chi connectivity index (χ1v) is 5.37. The number of halogens is 2. The summed E-state index contributed by atoms with van der Waals surface area (Å²) in [5, 5.41) is 0. The summed E-state index contributed by atoms with van der Waals surface area (Å²) in [6.07, 6.45) is 5.44. The number of rotatable bonds is 0. The third kappa shape index (κ3) is 6.48. The van der Waals surface area contributed by atoms with E-state index in [4.69, 9.17) is 0 Å². The Bertz CT molecular complexity index is 314. The molecule has 1 aliphatic carbocycles. The van der Waals surface area contributed by atoms with Gasteiger partial charge in [0.1, 0.15) is 0 Å². The normalized spacial score (nSPS) is 11.5. The van der Waals surface area contributed by atoms with Crippen molar-refractivity contribution < 1.29 is 46.5 Å². The van der Waals surface area contributed by atoms with Gasteiger partial charge in [-0.1, -0.05) is 25.7 Å². The first-order chi connectivity index (χ1) is 6.97. The molecule has 0 atom stereocenters. The fourth-order valence-corrected chi connectivity index (χ4v) is 1.93. The van der Waals surface area contributed by atoms with Crippen LogP contribution in [-0.4, -0.2) is 0 Å². The van der Waals surface area contributed by atoms with Crippen LogP contribution in [0.1, 0.15) is 24.0 Å². The average molecular weight is 303 g/mol. The van der Waals surface area contributed by atoms with E-state index in [9.17, 15) is 0 Å². The Hall–Kier alpha value is -0.00571. The van der Waals surface area contributed by atoms with Crippen LogP contribution in [0.15, 0.2) is 48.5 Å². The molecule has 0 N–H and O–H groups in total. The van der Waals surface area contributed by atoms with Gasteiger partial charge >= 0.3 is 21.7 Å². The molecule has 90 valence electrons. The summed E-state index contributed by atoms with van der Waals surface area (Å²) >= 11 is 0. The number of hydrogen-bond acceptors (Lipinski definition) is 0. The second-order valence-electron chi connectivity index (χ2n) is 3.75. The molecule has 0 saturated carbocycles. The van der Waals surface area contributed by atoms with E-state index >= 15 is 0 Å². The van der Waals surface area contributed by atoms with Gasteiger partial charge in [-0.2, -0.15) is 41.5 Å². The zero-order valence-electron chi connectivity index (χ0n) is 9.70. The molecule has 0 heterocycles. The van der Waals surface area contributed by atoms with Crippen LogP contribution in [0.3, 0.4) is 0 Å². The summed E-state index contributed by atoms with van der Waals surface area (Å²) in [6.45, 7) is 0. The van der Waals surface area contributed by atoms with Crippen molar-refractivity contribution in [2.45, 2.75) is 25.7 Å². The predicted molar refractivity (Wildman–Crippen MR) is 60.7 cm³/mol. The van der Waals surface area contributed by atoms with Gasteiger partial charge in [0.15, 0.2) is 0 Å². The standard InChI is InChI=1S/C9H11.C5H5.2ClH.Ti/c1-2-5-9-7-3-6-8(9)4-1;1-2-4-5-3-1;;;/h3,6-7H,1-2,4-5H2;1-5H;2*1H;/q2*-1;;;+4/p-2. The van der Waals surface area contributed by atoms with Gasteiger partial charge in [0, 0.05) is 0 Å². The number of fused-ring (bicyclic) bond motifs is 1. The zero-order chi connectivity index (χ0) is 9.64. The quantitative estimate of drug-likeness (QED) is 0.379. The van der Waals surface area contributed by atoms with Crippen molar-refractivity contribution in [2.24, 2.45) is 0 Å². The molecule has 0 bridgehead atoms. The van der Waals surface area contributed by atoms with Crippen LogP contribution < -0.4 is 24.8 Å². The molecule has 17 heavy (non-hydrogen) atoms. The molecule has 0 saturated heterocycles. The molecular formula is C14H16Cl2Ti. The van der Waals surface area contributed by atoms with Crippen LogP contribution in [0.5, 0.6) is 0 Å². The number of hydrogen-bond donors (Lipinski definition) is 0. The molecule has 0 aliphatic heterocycles. The second-order valence-corrected chi connectivity index (χ2v) is 3.75. The molecule has 0 radical (unpaired) electrons. The molecule has 0 fully saturated rings. The van der Waals surface area contributed by atoms with Crippen LogP contribution in [-0.2, 0) is 34.6 Å². The maximum Gasteiger partial charge on any atom is 4.00 e. The molecule has 0 spiro atoms. The minimum Gasteiger partial charge on any atom is -1.00 e. The Kier molecular flexibility index (Phi) is 12.6. The Morgan fingerprint density at radius 1 is 0.882 bits per heavy atom. The van der Waals surface area contributed by atoms with Crippen LogP contribution in [0, 0.1) is 0 Å². The molecule has 0 aromatic heterocycles. The van der Waals surface area contributed by atoms with Gasteiger partial charge in [0.25, 0.3) is 0 Å². The first kappa shape index (κ1) is 19.3. The van der Waals surface area contributed by atoms with Crippen LogP contribution in [0.25, 0.3) is 0 Å². The van der Waals surface area contributed by atoms with E-state index in [0.29, 0.717) is 0 Å². The fraction of sp³-hybridized carbons (Fsp3) is 0.286. The van der Waals surface area contributed by atoms with Crippen LogP contribution in [0.4, 0.5) is 0 Å². The summed E-state index contributed by atoms with van der Waals surface area (Å²) in [4.78, 5) is 0. The maximum absolute atomic E-state index is 2.26. The molecule has 0 unspecified atom stereocenters. The van der Waals surface area contributed by atoms with Crippen molar-refractivity contribution in [3.63, 3.8) is 0 Å². The fourth-order valence-electron chi connectivity index (χ4n) is 1.93. The SMILES string of the molecule is [Cl-].[Cl-].[Ti+4].c1cc2c([cH-]1)CCCC2.c1cc[cH-]c1. The summed E-state index contributed by atoms with van der Waals surface area (Å²) < 4.78 is 0. The van der Waals surface area contributed by atoms with E-state index < -0.39 is 0 Å². The summed E-state index contributed by atoms with van der Waals surface area (Å²) in [5.41, 5.74) is 3.20. The molecule has 3 rings (SSSR count). The van der Waals surface area contributed by atoms with E-state index in [0.717, 1.165) is 0 Å². The van der Waals surface area contributed by atoms with E-state index in [-0.39, 0.29) is 46.5 Å². The van der Waals surface area contributed by atoms with Crippen LogP contribution in [0.2, 0.25) is 0 Å². The van der Waals surface area contributed by atoms with Gasteiger partial charge in [-0.05, 0) is 0 Å². The summed E-state index contributed by atoms with van der Waals surface area (Å²) in [7, 11) is 0. The molecule has 1 aliphatic rings. The topological polar surface area (TPSA) is 0 Å². The van der Waals surface area contributed by atoms with Gasteiger partial charge in [-0.3, -0.25) is 0 Å². The largest absolute Gasteiger partial charge is 4.00 e. The van der Waals surface area contributed by atoms with Crippen molar-refractivity contribution in [3.05, 3.63) is 59.7 Å². The van der Waals surface area contributed by atoms with E-state index in [1.165, 1.54) is 25.7 Å². The van der Waals surface area contributed by atoms with E-state index in [2.05, 4.69) is 18.2 Å². The van der Waals surface area contributed by atoms with Crippen molar-refractivity contribution >= 4 is 0 Å². The summed E-state index contributed by atoms with van der Waals surface area (Å²) in [6, 6.07) is 16.7. The molecule has 0 nitrogen and oxygen atoms in total. The zero-order valence-corrected chi connectivity index (χ0v) is 12.8. The molecule has 0 amide bonds. The second kappa shape index (κ2) is 11.1. The number of aryl methyl sites for hydroxylation is 2. The van der Waals surface area contributed by atoms with Crippen LogP contribution >= 0.6 is 0 Å². The smallest absolute Gasteiger partial charge is 1.00 e. The summed E-state index contributed by atoms with van der Waals surface area (Å²) in [5.74, 6) is 0. The van der Waals surface area contributed by atoms with Crippen molar-refractivity contribution in [1.82, 2.24) is 0 Å². The van der Waals surface area contributed by atoms with Gasteiger partial charge in [-0.15, -0.1) is 0 Å². The van der Waals surface area contributed by atoms with E-state index in [1.807, 2.05) is 30.3 Å². The maximum atomic E-state index is 2.26. The first-order valence-electron chi connectivity index (χ1n) is 5.37. The van der Waals surface area contributed by atoms with Gasteiger partial charge in [-0.25, -0.2) is 18.2 Å². The van der Waals surface area contributed by atoms with Crippen molar-refractivity contribution in [3.8, 4) is 0 Å². The molecular weight excluding hydrogens is 287 g/mol. The Balaban J connectivity index is 0. The monoisotopic (exact) mass is 302 g/mol. The van der Waals surface area contributed by atoms with Gasteiger partial charge in [0.05, 0.1) is 0 Å². The average Bonchev–Trinajstić information content (AvgIpc) is 2.92. The van der Waals surface area contributed by atoms with Gasteiger partial charge < -0.3 is 24.8 Å². The minimum atomic E-state index is 0. The Morgan fingerprint density at radius 3 is 2.06 bits per heavy atom. The van der Waals surface area contributed by atoms with Crippen molar-refractivity contribution in [1.29, 1.82) is 0 Å². The third-order valence-electron chi connectivity index (χ3n) is 2.71. The van der Waals surface area contributed by atoms with E-state index in [1.54, 1.807) is 11.1 Å². The molecule has 3 heteroatoms. The Morgan fingerprint density at radius 2 is 1.53 bits per heavy atom. The Labute approximate surface area is 131 Å². The molecule has 2 aromatic rings. The van der Waals surface area contributed by atoms with Crippen molar-refractivity contribution in [2.75, 3.05) is 0 Å². The van der Waals surface area contributed by atoms with Gasteiger partial charge in [0.2, 0.25) is 0 Å². The molecule has 2 aromatic carbocycles.